The van der Waals surface area contributed by atoms with Gasteiger partial charge in [0.15, 0.2) is 0 Å². The van der Waals surface area contributed by atoms with Crippen molar-refractivity contribution < 1.29 is 17.1 Å². The molecule has 0 bridgehead atoms. The zero-order chi connectivity index (χ0) is 12.3. The Morgan fingerprint density at radius 1 is 1.50 bits per heavy atom. The molecule has 0 aliphatic carbocycles. The van der Waals surface area contributed by atoms with Crippen molar-refractivity contribution in [1.82, 2.24) is 9.80 Å². The minimum Gasteiger partial charge on any atom is -0.341 e. The number of carbonyl (C=O) groups is 1. The Hall–Kier alpha value is -0.690. The Bertz CT molecular complexity index is 356. The maximum absolute atomic E-state index is 12.7. The Labute approximate surface area is 95.4 Å². The number of likely N-dealkylation sites (tertiary alicyclic amines) is 1. The maximum atomic E-state index is 12.7. The van der Waals surface area contributed by atoms with Crippen molar-refractivity contribution in [3.8, 4) is 0 Å². The first-order valence-corrected chi connectivity index (χ1v) is 6.61. The predicted octanol–water partition coefficient (Wildman–Crippen LogP) is -0.162. The van der Waals surface area contributed by atoms with Crippen molar-refractivity contribution >= 4 is 16.1 Å². The Kier molecular flexibility index (Phi) is 4.26. The number of hydrogen-bond donors (Lipinski definition) is 0. The van der Waals surface area contributed by atoms with Crippen LogP contribution in [0.5, 0.6) is 0 Å². The van der Waals surface area contributed by atoms with E-state index in [-0.39, 0.29) is 18.9 Å². The molecule has 1 fully saturated rings. The van der Waals surface area contributed by atoms with Crippen LogP contribution in [0.1, 0.15) is 12.8 Å². The second-order valence-corrected chi connectivity index (χ2v) is 5.92. The van der Waals surface area contributed by atoms with Gasteiger partial charge in [-0.25, -0.2) is 0 Å². The highest BCUT2D eigenvalue weighted by Gasteiger charge is 2.37. The van der Waals surface area contributed by atoms with Gasteiger partial charge in [-0.05, 0) is 27.1 Å². The minimum absolute atomic E-state index is 0.00883. The molecule has 0 aromatic carbocycles. The van der Waals surface area contributed by atoms with Crippen LogP contribution in [0, 0.1) is 0 Å². The molecule has 1 aliphatic rings. The molecule has 1 saturated heterocycles. The number of amides is 1. The molecule has 0 aromatic rings. The molecule has 1 aliphatic heterocycles. The van der Waals surface area contributed by atoms with Gasteiger partial charge in [-0.15, -0.1) is 3.89 Å². The fourth-order valence-corrected chi connectivity index (χ4v) is 2.42. The fourth-order valence-electron chi connectivity index (χ4n) is 1.72. The topological polar surface area (TPSA) is 57.7 Å². The molecule has 1 amide bonds. The van der Waals surface area contributed by atoms with Crippen molar-refractivity contribution in [1.29, 1.82) is 0 Å². The molecule has 1 atom stereocenters. The van der Waals surface area contributed by atoms with E-state index in [1.54, 1.807) is 0 Å². The summed E-state index contributed by atoms with van der Waals surface area (Å²) >= 11 is 0. The number of halogens is 1. The van der Waals surface area contributed by atoms with Crippen LogP contribution in [0.4, 0.5) is 3.89 Å². The Morgan fingerprint density at radius 2 is 2.12 bits per heavy atom. The summed E-state index contributed by atoms with van der Waals surface area (Å²) in [6.45, 7) is 1.30. The van der Waals surface area contributed by atoms with Crippen LogP contribution in [0.15, 0.2) is 0 Å². The summed E-state index contributed by atoms with van der Waals surface area (Å²) in [7, 11) is -0.748. The lowest BCUT2D eigenvalue weighted by Crippen LogP contribution is -2.30. The lowest BCUT2D eigenvalue weighted by molar-refractivity contribution is -0.127. The lowest BCUT2D eigenvalue weighted by Gasteiger charge is -2.17. The minimum atomic E-state index is -4.58. The van der Waals surface area contributed by atoms with E-state index in [1.807, 2.05) is 19.0 Å². The summed E-state index contributed by atoms with van der Waals surface area (Å²) in [5.74, 6) is -0.273. The molecule has 0 radical (unpaired) electrons. The average molecular weight is 252 g/mol. The highest BCUT2D eigenvalue weighted by Crippen LogP contribution is 2.19. The first kappa shape index (κ1) is 13.4. The van der Waals surface area contributed by atoms with Crippen molar-refractivity contribution in [2.45, 2.75) is 18.1 Å². The second-order valence-electron chi connectivity index (χ2n) is 4.30. The van der Waals surface area contributed by atoms with Crippen molar-refractivity contribution in [3.05, 3.63) is 0 Å². The third kappa shape index (κ3) is 3.71. The summed E-state index contributed by atoms with van der Waals surface area (Å²) in [4.78, 5) is 14.8. The zero-order valence-electron chi connectivity index (χ0n) is 9.52. The molecule has 7 heteroatoms. The van der Waals surface area contributed by atoms with Crippen LogP contribution in [0.2, 0.25) is 0 Å². The summed E-state index contributed by atoms with van der Waals surface area (Å²) in [5.41, 5.74) is 0. The van der Waals surface area contributed by atoms with Gasteiger partial charge in [0, 0.05) is 19.5 Å². The summed E-state index contributed by atoms with van der Waals surface area (Å²) in [6, 6.07) is 0. The van der Waals surface area contributed by atoms with Crippen LogP contribution in [0.3, 0.4) is 0 Å². The number of carbonyl (C=O) groups excluding carboxylic acids is 1. The standard InChI is InChI=1S/C9H17FN2O3S/c1-11(2)4-3-5-12-7-8(6-9(12)13)16(10,14)15/h8H,3-7H2,1-2H3. The first-order valence-electron chi connectivity index (χ1n) is 5.16. The van der Waals surface area contributed by atoms with Gasteiger partial charge in [0.25, 0.3) is 0 Å². The van der Waals surface area contributed by atoms with Crippen molar-refractivity contribution in [2.75, 3.05) is 33.7 Å². The third-order valence-electron chi connectivity index (χ3n) is 2.61. The molecule has 94 valence electrons. The van der Waals surface area contributed by atoms with Gasteiger partial charge in [-0.2, -0.15) is 8.42 Å². The molecular formula is C9H17FN2O3S. The monoisotopic (exact) mass is 252 g/mol. The van der Waals surface area contributed by atoms with E-state index in [9.17, 15) is 17.1 Å². The number of rotatable bonds is 5. The van der Waals surface area contributed by atoms with Gasteiger partial charge in [-0.3, -0.25) is 4.79 Å². The molecule has 0 spiro atoms. The van der Waals surface area contributed by atoms with Crippen LogP contribution in [0.25, 0.3) is 0 Å². The third-order valence-corrected chi connectivity index (χ3v) is 3.72. The molecule has 1 heterocycles. The SMILES string of the molecule is CN(C)CCCN1CC(S(=O)(=O)F)CC1=O. The van der Waals surface area contributed by atoms with Crippen LogP contribution >= 0.6 is 0 Å². The molecular weight excluding hydrogens is 235 g/mol. The molecule has 0 aromatic heterocycles. The van der Waals surface area contributed by atoms with E-state index in [1.165, 1.54) is 4.90 Å². The van der Waals surface area contributed by atoms with E-state index in [0.717, 1.165) is 13.0 Å². The maximum Gasteiger partial charge on any atom is 0.307 e. The van der Waals surface area contributed by atoms with Gasteiger partial charge < -0.3 is 9.80 Å². The number of hydrogen-bond acceptors (Lipinski definition) is 4. The van der Waals surface area contributed by atoms with Gasteiger partial charge in [-0.1, -0.05) is 0 Å². The van der Waals surface area contributed by atoms with E-state index >= 15 is 0 Å². The highest BCUT2D eigenvalue weighted by molar-refractivity contribution is 7.87. The Balaban J connectivity index is 2.43. The van der Waals surface area contributed by atoms with Gasteiger partial charge >= 0.3 is 10.2 Å². The van der Waals surface area contributed by atoms with Crippen LogP contribution in [-0.2, 0) is 15.0 Å². The van der Waals surface area contributed by atoms with E-state index < -0.39 is 15.5 Å². The first-order chi connectivity index (χ1) is 7.30. The molecule has 1 unspecified atom stereocenters. The number of nitrogens with zero attached hydrogens (tertiary/aromatic N) is 2. The normalized spacial score (nSPS) is 22.1. The smallest absolute Gasteiger partial charge is 0.307 e. The predicted molar refractivity (Wildman–Crippen MR) is 58.2 cm³/mol. The zero-order valence-corrected chi connectivity index (χ0v) is 10.3. The average Bonchev–Trinajstić information content (AvgIpc) is 2.46. The highest BCUT2D eigenvalue weighted by atomic mass is 32.3. The Morgan fingerprint density at radius 3 is 2.56 bits per heavy atom. The van der Waals surface area contributed by atoms with E-state index in [0.29, 0.717) is 6.54 Å². The largest absolute Gasteiger partial charge is 0.341 e. The lowest BCUT2D eigenvalue weighted by atomic mass is 10.4. The summed E-state index contributed by atoms with van der Waals surface area (Å²) < 4.78 is 34.0. The molecule has 1 rings (SSSR count). The van der Waals surface area contributed by atoms with Crippen molar-refractivity contribution in [3.63, 3.8) is 0 Å². The van der Waals surface area contributed by atoms with Crippen LogP contribution < -0.4 is 0 Å². The van der Waals surface area contributed by atoms with Gasteiger partial charge in [0.2, 0.25) is 5.91 Å². The van der Waals surface area contributed by atoms with Gasteiger partial charge in [0.05, 0.1) is 0 Å². The van der Waals surface area contributed by atoms with E-state index in [4.69, 9.17) is 0 Å². The van der Waals surface area contributed by atoms with Crippen molar-refractivity contribution in [2.24, 2.45) is 0 Å². The van der Waals surface area contributed by atoms with Gasteiger partial charge in [0.1, 0.15) is 5.25 Å². The molecule has 0 saturated carbocycles. The van der Waals surface area contributed by atoms with E-state index in [2.05, 4.69) is 0 Å². The molecule has 5 nitrogen and oxygen atoms in total. The van der Waals surface area contributed by atoms with Crippen LogP contribution in [-0.4, -0.2) is 63.1 Å². The second kappa shape index (κ2) is 5.09. The summed E-state index contributed by atoms with van der Waals surface area (Å²) in [6.07, 6.45) is 0.540. The summed E-state index contributed by atoms with van der Waals surface area (Å²) in [5, 5.41) is -1.17. The molecule has 16 heavy (non-hydrogen) atoms. The molecule has 0 N–H and O–H groups in total. The fraction of sp³-hybridized carbons (Fsp3) is 0.889. The quantitative estimate of drug-likeness (QED) is 0.638.